The van der Waals surface area contributed by atoms with Crippen molar-refractivity contribution in [2.45, 2.75) is 12.6 Å². The van der Waals surface area contributed by atoms with Gasteiger partial charge in [-0.15, -0.1) is 0 Å². The molecule has 1 aromatic carbocycles. The van der Waals surface area contributed by atoms with Gasteiger partial charge in [0.15, 0.2) is 6.29 Å². The molecule has 1 aromatic rings. The van der Waals surface area contributed by atoms with Crippen LogP contribution in [0.2, 0.25) is 0 Å². The molecule has 0 spiro atoms. The van der Waals surface area contributed by atoms with E-state index in [0.29, 0.717) is 6.07 Å². The molecular formula is C10H5F3N2O3. The fourth-order valence-corrected chi connectivity index (χ4v) is 1.45. The molecule has 94 valence electrons. The highest BCUT2D eigenvalue weighted by atomic mass is 19.4. The van der Waals surface area contributed by atoms with Crippen LogP contribution in [0.3, 0.4) is 0 Å². The maximum Gasteiger partial charge on any atom is 0.423 e. The Morgan fingerprint density at radius 1 is 1.44 bits per heavy atom. The Balaban J connectivity index is 3.63. The van der Waals surface area contributed by atoms with Crippen molar-refractivity contribution >= 4 is 12.0 Å². The van der Waals surface area contributed by atoms with Gasteiger partial charge in [0.2, 0.25) is 0 Å². The first-order chi connectivity index (χ1) is 8.31. The first-order valence-electron chi connectivity index (χ1n) is 4.52. The minimum Gasteiger partial charge on any atom is -0.298 e. The lowest BCUT2D eigenvalue weighted by atomic mass is 10.0. The molecule has 0 radical (unpaired) electrons. The van der Waals surface area contributed by atoms with Crippen molar-refractivity contribution in [2.75, 3.05) is 0 Å². The van der Waals surface area contributed by atoms with Crippen LogP contribution in [0.5, 0.6) is 0 Å². The number of rotatable bonds is 3. The first-order valence-corrected chi connectivity index (χ1v) is 4.52. The molecule has 0 atom stereocenters. The zero-order valence-electron chi connectivity index (χ0n) is 8.69. The van der Waals surface area contributed by atoms with Gasteiger partial charge in [-0.25, -0.2) is 0 Å². The zero-order valence-corrected chi connectivity index (χ0v) is 8.69. The van der Waals surface area contributed by atoms with Crippen molar-refractivity contribution < 1.29 is 22.9 Å². The highest BCUT2D eigenvalue weighted by Crippen LogP contribution is 2.38. The molecule has 0 aliphatic heterocycles. The molecule has 0 N–H and O–H groups in total. The van der Waals surface area contributed by atoms with Gasteiger partial charge in [0.05, 0.1) is 17.4 Å². The zero-order chi connectivity index (χ0) is 13.9. The Morgan fingerprint density at radius 3 is 2.44 bits per heavy atom. The Labute approximate surface area is 98.6 Å². The lowest BCUT2D eigenvalue weighted by Gasteiger charge is -2.10. The van der Waals surface area contributed by atoms with E-state index in [1.807, 2.05) is 0 Å². The summed E-state index contributed by atoms with van der Waals surface area (Å²) in [7, 11) is 0. The van der Waals surface area contributed by atoms with Crippen LogP contribution in [0.25, 0.3) is 0 Å². The maximum atomic E-state index is 12.6. The van der Waals surface area contributed by atoms with Gasteiger partial charge in [-0.05, 0) is 11.6 Å². The highest BCUT2D eigenvalue weighted by molar-refractivity contribution is 5.80. The smallest absolute Gasteiger partial charge is 0.298 e. The summed E-state index contributed by atoms with van der Waals surface area (Å²) in [5, 5.41) is 19.0. The van der Waals surface area contributed by atoms with E-state index in [1.165, 1.54) is 0 Å². The van der Waals surface area contributed by atoms with Gasteiger partial charge in [-0.1, -0.05) is 0 Å². The molecule has 0 saturated heterocycles. The molecule has 8 heteroatoms. The van der Waals surface area contributed by atoms with Crippen molar-refractivity contribution in [3.05, 3.63) is 38.9 Å². The molecule has 0 saturated carbocycles. The summed E-state index contributed by atoms with van der Waals surface area (Å²) < 4.78 is 37.9. The molecule has 0 aliphatic carbocycles. The number of benzene rings is 1. The van der Waals surface area contributed by atoms with Gasteiger partial charge in [-0.2, -0.15) is 18.4 Å². The average Bonchev–Trinajstić information content (AvgIpc) is 2.26. The second-order valence-electron chi connectivity index (χ2n) is 3.29. The van der Waals surface area contributed by atoms with Crippen molar-refractivity contribution in [3.63, 3.8) is 0 Å². The lowest BCUT2D eigenvalue weighted by molar-refractivity contribution is -0.388. The number of halogens is 3. The van der Waals surface area contributed by atoms with E-state index in [4.69, 9.17) is 5.26 Å². The van der Waals surface area contributed by atoms with E-state index in [2.05, 4.69) is 0 Å². The third-order valence-corrected chi connectivity index (χ3v) is 2.10. The predicted molar refractivity (Wildman–Crippen MR) is 52.8 cm³/mol. The molecule has 1 rings (SSSR count). The number of aldehydes is 1. The molecule has 0 fully saturated rings. The number of hydrogen-bond donors (Lipinski definition) is 0. The summed E-state index contributed by atoms with van der Waals surface area (Å²) in [5.74, 6) is 0. The van der Waals surface area contributed by atoms with Gasteiger partial charge >= 0.3 is 6.18 Å². The molecule has 0 aliphatic rings. The minimum absolute atomic E-state index is 0.0145. The van der Waals surface area contributed by atoms with Gasteiger partial charge in [-0.3, -0.25) is 14.9 Å². The Kier molecular flexibility index (Phi) is 3.66. The van der Waals surface area contributed by atoms with E-state index >= 15 is 0 Å². The van der Waals surface area contributed by atoms with Crippen LogP contribution >= 0.6 is 0 Å². The number of hydrogen-bond acceptors (Lipinski definition) is 4. The number of nitrogens with zero attached hydrogens (tertiary/aromatic N) is 2. The molecule has 18 heavy (non-hydrogen) atoms. The number of alkyl halides is 3. The van der Waals surface area contributed by atoms with Crippen LogP contribution in [-0.4, -0.2) is 11.2 Å². The predicted octanol–water partition coefficient (Wildman–Crippen LogP) is 2.49. The minimum atomic E-state index is -5.01. The fraction of sp³-hybridized carbons (Fsp3) is 0.200. The van der Waals surface area contributed by atoms with E-state index in [-0.39, 0.29) is 18.3 Å². The average molecular weight is 258 g/mol. The Hall–Kier alpha value is -2.43. The lowest BCUT2D eigenvalue weighted by Crippen LogP contribution is -2.13. The molecule has 0 aromatic heterocycles. The highest BCUT2D eigenvalue weighted by Gasteiger charge is 2.41. The van der Waals surface area contributed by atoms with E-state index < -0.39 is 27.9 Å². The van der Waals surface area contributed by atoms with Gasteiger partial charge in [0, 0.05) is 11.6 Å². The third kappa shape index (κ3) is 2.63. The Bertz CT molecular complexity index is 547. The summed E-state index contributed by atoms with van der Waals surface area (Å²) in [6, 6.07) is 3.12. The largest absolute Gasteiger partial charge is 0.423 e. The molecule has 5 nitrogen and oxygen atoms in total. The molecular weight excluding hydrogens is 253 g/mol. The number of nitro groups is 1. The number of nitro benzene ring substituents is 1. The van der Waals surface area contributed by atoms with Crippen LogP contribution in [0.1, 0.15) is 21.5 Å². The van der Waals surface area contributed by atoms with Crippen molar-refractivity contribution in [1.82, 2.24) is 0 Å². The SMILES string of the molecule is N#CCc1cc(C=O)c(C(F)(F)F)c([N+](=O)[O-])c1. The first kappa shape index (κ1) is 13.6. The third-order valence-electron chi connectivity index (χ3n) is 2.10. The van der Waals surface area contributed by atoms with Gasteiger partial charge in [0.1, 0.15) is 5.56 Å². The second-order valence-corrected chi connectivity index (χ2v) is 3.29. The van der Waals surface area contributed by atoms with Crippen LogP contribution in [-0.2, 0) is 12.6 Å². The Morgan fingerprint density at radius 2 is 2.06 bits per heavy atom. The molecule has 0 heterocycles. The summed E-state index contributed by atoms with van der Waals surface area (Å²) in [6.45, 7) is 0. The molecule has 0 bridgehead atoms. The van der Waals surface area contributed by atoms with E-state index in [0.717, 1.165) is 6.07 Å². The van der Waals surface area contributed by atoms with Crippen molar-refractivity contribution in [2.24, 2.45) is 0 Å². The molecule has 0 unspecified atom stereocenters. The fourth-order valence-electron chi connectivity index (χ4n) is 1.45. The second kappa shape index (κ2) is 4.83. The van der Waals surface area contributed by atoms with Crippen LogP contribution in [0.15, 0.2) is 12.1 Å². The summed E-state index contributed by atoms with van der Waals surface area (Å²) in [6.07, 6.45) is -5.44. The number of carbonyl (C=O) groups excluding carboxylic acids is 1. The van der Waals surface area contributed by atoms with Crippen LogP contribution in [0, 0.1) is 21.4 Å². The summed E-state index contributed by atoms with van der Waals surface area (Å²) in [4.78, 5) is 20.0. The van der Waals surface area contributed by atoms with Gasteiger partial charge in [0.25, 0.3) is 5.69 Å². The van der Waals surface area contributed by atoms with Crippen molar-refractivity contribution in [3.8, 4) is 6.07 Å². The maximum absolute atomic E-state index is 12.6. The molecule has 0 amide bonds. The summed E-state index contributed by atoms with van der Waals surface area (Å²) in [5.41, 5.74) is -3.68. The summed E-state index contributed by atoms with van der Waals surface area (Å²) >= 11 is 0. The number of nitriles is 1. The quantitative estimate of drug-likeness (QED) is 0.473. The topological polar surface area (TPSA) is 84.0 Å². The van der Waals surface area contributed by atoms with E-state index in [9.17, 15) is 28.1 Å². The monoisotopic (exact) mass is 258 g/mol. The van der Waals surface area contributed by atoms with Crippen LogP contribution in [0.4, 0.5) is 18.9 Å². The number of carbonyl (C=O) groups is 1. The van der Waals surface area contributed by atoms with Crippen molar-refractivity contribution in [1.29, 1.82) is 5.26 Å². The van der Waals surface area contributed by atoms with Gasteiger partial charge < -0.3 is 0 Å². The van der Waals surface area contributed by atoms with Crippen LogP contribution < -0.4 is 0 Å². The van der Waals surface area contributed by atoms with E-state index in [1.54, 1.807) is 6.07 Å². The standard InChI is InChI=1S/C10H5F3N2O3/c11-10(12,13)9-7(5-16)3-6(1-2-14)4-8(9)15(17)18/h3-5H,1H2. The normalized spacial score (nSPS) is 10.8.